The molecule has 1 amide bonds. The number of carbonyl (C=O) groups is 2. The van der Waals surface area contributed by atoms with Crippen molar-refractivity contribution in [1.82, 2.24) is 0 Å². The fourth-order valence-corrected chi connectivity index (χ4v) is 3.72. The summed E-state index contributed by atoms with van der Waals surface area (Å²) in [6.07, 6.45) is -0.642. The number of para-hydroxylation sites is 1. The van der Waals surface area contributed by atoms with E-state index in [-0.39, 0.29) is 12.5 Å². The Labute approximate surface area is 190 Å². The third-order valence-electron chi connectivity index (χ3n) is 5.12. The molecular weight excluding hydrogens is 432 g/mol. The number of benzene rings is 3. The Morgan fingerprint density at radius 2 is 1.81 bits per heavy atom. The highest BCUT2D eigenvalue weighted by Gasteiger charge is 2.35. The molecule has 3 aromatic carbocycles. The molecule has 164 valence electrons. The van der Waals surface area contributed by atoms with Crippen LogP contribution >= 0.6 is 11.6 Å². The number of nitrogens with zero attached hydrogens (tertiary/aromatic N) is 1. The maximum absolute atomic E-state index is 13.6. The van der Waals surface area contributed by atoms with Gasteiger partial charge in [-0.3, -0.25) is 9.69 Å². The number of amides is 1. The number of carbonyl (C=O) groups excluding carboxylic acids is 2. The Balaban J connectivity index is 1.82. The van der Waals surface area contributed by atoms with Gasteiger partial charge in [-0.25, -0.2) is 4.79 Å². The average Bonchev–Trinajstić information content (AvgIpc) is 2.83. The van der Waals surface area contributed by atoms with Gasteiger partial charge in [-0.05, 0) is 54.6 Å². The van der Waals surface area contributed by atoms with Crippen molar-refractivity contribution >= 4 is 34.9 Å². The normalized spacial score (nSPS) is 14.9. The van der Waals surface area contributed by atoms with Gasteiger partial charge in [0.1, 0.15) is 17.7 Å². The molecule has 0 bridgehead atoms. The van der Waals surface area contributed by atoms with Crippen LogP contribution in [0.5, 0.6) is 11.5 Å². The zero-order valence-corrected chi connectivity index (χ0v) is 18.3. The zero-order valence-electron chi connectivity index (χ0n) is 17.5. The number of hydrogen-bond donors (Lipinski definition) is 1. The molecule has 8 heteroatoms. The van der Waals surface area contributed by atoms with E-state index in [1.165, 1.54) is 7.11 Å². The van der Waals surface area contributed by atoms with E-state index in [9.17, 15) is 9.59 Å². The van der Waals surface area contributed by atoms with E-state index in [4.69, 9.17) is 21.1 Å². The number of rotatable bonds is 6. The van der Waals surface area contributed by atoms with Crippen molar-refractivity contribution in [3.05, 3.63) is 82.9 Å². The molecule has 0 radical (unpaired) electrons. The average molecular weight is 453 g/mol. The van der Waals surface area contributed by atoms with Gasteiger partial charge in [-0.1, -0.05) is 23.7 Å². The molecule has 1 N–H and O–H groups in total. The first kappa shape index (κ1) is 21.5. The number of methoxy groups -OCH3 is 2. The molecule has 1 heterocycles. The molecule has 0 aliphatic carbocycles. The van der Waals surface area contributed by atoms with Gasteiger partial charge >= 0.3 is 5.97 Å². The van der Waals surface area contributed by atoms with Crippen LogP contribution in [0.25, 0.3) is 0 Å². The van der Waals surface area contributed by atoms with Crippen molar-refractivity contribution in [2.24, 2.45) is 0 Å². The summed E-state index contributed by atoms with van der Waals surface area (Å²) in [5.41, 5.74) is 2.48. The minimum atomic E-state index is -0.642. The lowest BCUT2D eigenvalue weighted by Crippen LogP contribution is -2.43. The van der Waals surface area contributed by atoms with E-state index in [1.807, 2.05) is 18.2 Å². The van der Waals surface area contributed by atoms with Crippen LogP contribution in [0.15, 0.2) is 66.7 Å². The fraction of sp³-hybridized carbons (Fsp3) is 0.167. The lowest BCUT2D eigenvalue weighted by atomic mass is 10.0. The van der Waals surface area contributed by atoms with Crippen molar-refractivity contribution in [1.29, 1.82) is 0 Å². The largest absolute Gasteiger partial charge is 0.497 e. The SMILES string of the molecule is COC(=O)COc1ccc(Cl)cc1[C@H]1Nc2ccccc2C(=O)N1c1ccc(OC)cc1. The van der Waals surface area contributed by atoms with Gasteiger partial charge in [-0.2, -0.15) is 0 Å². The summed E-state index contributed by atoms with van der Waals surface area (Å²) in [6.45, 7) is -0.273. The molecule has 0 unspecified atom stereocenters. The van der Waals surface area contributed by atoms with Crippen molar-refractivity contribution < 1.29 is 23.8 Å². The van der Waals surface area contributed by atoms with Crippen LogP contribution in [-0.4, -0.2) is 32.7 Å². The van der Waals surface area contributed by atoms with Crippen LogP contribution in [0.2, 0.25) is 5.02 Å². The van der Waals surface area contributed by atoms with Crippen LogP contribution in [0.4, 0.5) is 11.4 Å². The maximum atomic E-state index is 13.6. The second-order valence-corrected chi connectivity index (χ2v) is 7.45. The van der Waals surface area contributed by atoms with Gasteiger partial charge in [-0.15, -0.1) is 0 Å². The molecule has 32 heavy (non-hydrogen) atoms. The highest BCUT2D eigenvalue weighted by Crippen LogP contribution is 2.40. The van der Waals surface area contributed by atoms with Gasteiger partial charge in [0.05, 0.1) is 19.8 Å². The molecule has 0 spiro atoms. The lowest BCUT2D eigenvalue weighted by Gasteiger charge is -2.38. The molecule has 1 aliphatic rings. The topological polar surface area (TPSA) is 77.1 Å². The standard InChI is InChI=1S/C24H21ClN2O5/c1-30-17-10-8-16(9-11-17)27-23(26-20-6-4-3-5-18(20)24(27)29)19-13-15(25)7-12-21(19)32-14-22(28)31-2/h3-13,23,26H,14H2,1-2H3/t23-/m0/s1. The fourth-order valence-electron chi connectivity index (χ4n) is 3.54. The van der Waals surface area contributed by atoms with Crippen LogP contribution in [0.1, 0.15) is 22.1 Å². The molecule has 7 nitrogen and oxygen atoms in total. The van der Waals surface area contributed by atoms with E-state index in [0.29, 0.717) is 39.0 Å². The maximum Gasteiger partial charge on any atom is 0.343 e. The summed E-state index contributed by atoms with van der Waals surface area (Å²) in [5.74, 6) is 0.375. The molecule has 0 saturated heterocycles. The van der Waals surface area contributed by atoms with E-state index < -0.39 is 12.1 Å². The summed E-state index contributed by atoms with van der Waals surface area (Å²) >= 11 is 6.30. The van der Waals surface area contributed by atoms with E-state index in [2.05, 4.69) is 10.1 Å². The van der Waals surface area contributed by atoms with Gasteiger partial charge in [0.2, 0.25) is 0 Å². The number of nitrogens with one attached hydrogen (secondary N) is 1. The summed E-state index contributed by atoms with van der Waals surface area (Å²) in [4.78, 5) is 26.8. The quantitative estimate of drug-likeness (QED) is 0.547. The third-order valence-corrected chi connectivity index (χ3v) is 5.35. The lowest BCUT2D eigenvalue weighted by molar-refractivity contribution is -0.142. The third kappa shape index (κ3) is 4.20. The first-order valence-corrected chi connectivity index (χ1v) is 10.2. The van der Waals surface area contributed by atoms with Crippen LogP contribution < -0.4 is 19.7 Å². The molecule has 0 fully saturated rings. The minimum Gasteiger partial charge on any atom is -0.497 e. The van der Waals surface area contributed by atoms with E-state index in [1.54, 1.807) is 60.5 Å². The van der Waals surface area contributed by atoms with Crippen LogP contribution in [0, 0.1) is 0 Å². The van der Waals surface area contributed by atoms with Crippen LogP contribution in [0.3, 0.4) is 0 Å². The Morgan fingerprint density at radius 3 is 2.53 bits per heavy atom. The predicted molar refractivity (Wildman–Crippen MR) is 122 cm³/mol. The highest BCUT2D eigenvalue weighted by molar-refractivity contribution is 6.30. The minimum absolute atomic E-state index is 0.187. The number of anilines is 2. The van der Waals surface area contributed by atoms with E-state index >= 15 is 0 Å². The smallest absolute Gasteiger partial charge is 0.343 e. The van der Waals surface area contributed by atoms with Crippen molar-refractivity contribution in [2.45, 2.75) is 6.17 Å². The first-order chi connectivity index (χ1) is 15.5. The summed E-state index contributed by atoms with van der Waals surface area (Å²) in [7, 11) is 2.87. The Bertz CT molecular complexity index is 1150. The number of ether oxygens (including phenoxy) is 3. The van der Waals surface area contributed by atoms with Crippen molar-refractivity contribution in [3.8, 4) is 11.5 Å². The number of fused-ring (bicyclic) bond motifs is 1. The second kappa shape index (κ2) is 9.20. The molecule has 4 rings (SSSR count). The monoisotopic (exact) mass is 452 g/mol. The Hall–Kier alpha value is -3.71. The van der Waals surface area contributed by atoms with Gasteiger partial charge in [0.25, 0.3) is 5.91 Å². The second-order valence-electron chi connectivity index (χ2n) is 7.01. The number of hydrogen-bond acceptors (Lipinski definition) is 6. The molecule has 1 atom stereocenters. The molecule has 3 aromatic rings. The van der Waals surface area contributed by atoms with Gasteiger partial charge in [0, 0.05) is 22.0 Å². The molecule has 1 aliphatic heterocycles. The molecule has 0 aromatic heterocycles. The van der Waals surface area contributed by atoms with E-state index in [0.717, 1.165) is 0 Å². The van der Waals surface area contributed by atoms with Gasteiger partial charge < -0.3 is 19.5 Å². The summed E-state index contributed by atoms with van der Waals surface area (Å²) in [6, 6.07) is 19.5. The molecule has 0 saturated carbocycles. The summed E-state index contributed by atoms with van der Waals surface area (Å²) < 4.78 is 15.6. The van der Waals surface area contributed by atoms with Crippen LogP contribution in [-0.2, 0) is 9.53 Å². The predicted octanol–water partition coefficient (Wildman–Crippen LogP) is 4.67. The Kier molecular flexibility index (Phi) is 6.18. The van der Waals surface area contributed by atoms with Crippen molar-refractivity contribution in [3.63, 3.8) is 0 Å². The summed E-state index contributed by atoms with van der Waals surface area (Å²) in [5, 5.41) is 3.88. The zero-order chi connectivity index (χ0) is 22.7. The Morgan fingerprint density at radius 1 is 1.06 bits per heavy atom. The van der Waals surface area contributed by atoms with Crippen molar-refractivity contribution in [2.75, 3.05) is 31.0 Å². The van der Waals surface area contributed by atoms with Gasteiger partial charge in [0.15, 0.2) is 6.61 Å². The first-order valence-electron chi connectivity index (χ1n) is 9.84. The number of esters is 1. The number of halogens is 1. The highest BCUT2D eigenvalue weighted by atomic mass is 35.5. The molecular formula is C24H21ClN2O5.